The molecule has 4 nitrogen and oxygen atoms in total. The number of halogens is 3. The Morgan fingerprint density at radius 3 is 1.97 bits per heavy atom. The molecule has 7 heteroatoms. The number of nitrogens with zero attached hydrogens (tertiary/aromatic N) is 1. The predicted octanol–water partition coefficient (Wildman–Crippen LogP) is 8.03. The molecule has 0 radical (unpaired) electrons. The molecule has 0 spiro atoms. The molecular formula is C31H28F3NO3. The summed E-state index contributed by atoms with van der Waals surface area (Å²) in [6, 6.07) is 31.6. The Hall–Kier alpha value is -4.10. The molecule has 0 bridgehead atoms. The van der Waals surface area contributed by atoms with Crippen molar-refractivity contribution < 1.29 is 27.8 Å². The Balaban J connectivity index is 1.87. The van der Waals surface area contributed by atoms with Gasteiger partial charge in [-0.05, 0) is 52.9 Å². The van der Waals surface area contributed by atoms with E-state index < -0.39 is 24.1 Å². The first-order valence-electron chi connectivity index (χ1n) is 12.2. The zero-order valence-electron chi connectivity index (χ0n) is 20.8. The van der Waals surface area contributed by atoms with Crippen LogP contribution < -0.4 is 4.74 Å². The number of rotatable bonds is 10. The highest BCUT2D eigenvalue weighted by Gasteiger charge is 2.33. The Bertz CT molecular complexity index is 1330. The van der Waals surface area contributed by atoms with Gasteiger partial charge in [0.15, 0.2) is 0 Å². The van der Waals surface area contributed by atoms with E-state index in [-0.39, 0.29) is 12.5 Å². The van der Waals surface area contributed by atoms with E-state index in [2.05, 4.69) is 4.74 Å². The van der Waals surface area contributed by atoms with Crippen molar-refractivity contribution in [2.45, 2.75) is 38.3 Å². The van der Waals surface area contributed by atoms with Gasteiger partial charge in [0, 0.05) is 18.6 Å². The molecular weight excluding hydrogens is 491 g/mol. The Labute approximate surface area is 219 Å². The molecule has 0 fully saturated rings. The van der Waals surface area contributed by atoms with Crippen molar-refractivity contribution in [1.29, 1.82) is 0 Å². The lowest BCUT2D eigenvalue weighted by molar-refractivity contribution is -0.274. The summed E-state index contributed by atoms with van der Waals surface area (Å²) in [7, 11) is 0. The standard InChI is InChI=1S/C31H28F3NO3/c1-22(24-13-7-3-8-14-24)35(21-23-11-5-2-6-12-23)29(20-30(36)37)27-17-26(25-15-9-4-10-16-25)18-28(19-27)38-31(32,33)34/h2-19,22,29H,20-21H2,1H3,(H,36,37)/t22-,29?/m1/s1. The van der Waals surface area contributed by atoms with E-state index in [0.29, 0.717) is 23.2 Å². The molecule has 1 unspecified atom stereocenters. The predicted molar refractivity (Wildman–Crippen MR) is 140 cm³/mol. The zero-order chi connectivity index (χ0) is 27.1. The Morgan fingerprint density at radius 1 is 0.816 bits per heavy atom. The van der Waals surface area contributed by atoms with Gasteiger partial charge in [-0.15, -0.1) is 13.2 Å². The maximum atomic E-state index is 13.3. The molecule has 0 saturated heterocycles. The van der Waals surface area contributed by atoms with Gasteiger partial charge in [0.05, 0.1) is 6.42 Å². The van der Waals surface area contributed by atoms with E-state index in [9.17, 15) is 23.1 Å². The van der Waals surface area contributed by atoms with Crippen molar-refractivity contribution in [3.8, 4) is 16.9 Å². The van der Waals surface area contributed by atoms with Gasteiger partial charge in [-0.3, -0.25) is 9.69 Å². The second kappa shape index (κ2) is 12.0. The topological polar surface area (TPSA) is 49.8 Å². The second-order valence-corrected chi connectivity index (χ2v) is 9.06. The van der Waals surface area contributed by atoms with Crippen LogP contribution in [0.15, 0.2) is 109 Å². The van der Waals surface area contributed by atoms with Crippen LogP contribution in [0.2, 0.25) is 0 Å². The number of aliphatic carboxylic acids is 1. The number of carboxylic acids is 1. The molecule has 38 heavy (non-hydrogen) atoms. The van der Waals surface area contributed by atoms with Crippen molar-refractivity contribution >= 4 is 5.97 Å². The van der Waals surface area contributed by atoms with E-state index in [1.165, 1.54) is 12.1 Å². The van der Waals surface area contributed by atoms with E-state index in [1.807, 2.05) is 78.6 Å². The normalized spacial score (nSPS) is 13.2. The van der Waals surface area contributed by atoms with Crippen LogP contribution in [0.1, 0.15) is 42.1 Å². The summed E-state index contributed by atoms with van der Waals surface area (Å²) in [5.41, 5.74) is 3.54. The van der Waals surface area contributed by atoms with Gasteiger partial charge in [0.2, 0.25) is 0 Å². The maximum Gasteiger partial charge on any atom is 0.573 e. The third kappa shape index (κ3) is 7.23. The SMILES string of the molecule is C[C@H](c1ccccc1)N(Cc1ccccc1)C(CC(=O)O)c1cc(OC(F)(F)F)cc(-c2ccccc2)c1. The summed E-state index contributed by atoms with van der Waals surface area (Å²) >= 11 is 0. The van der Waals surface area contributed by atoms with Crippen LogP contribution in [0.25, 0.3) is 11.1 Å². The fourth-order valence-corrected chi connectivity index (χ4v) is 4.63. The minimum absolute atomic E-state index is 0.242. The van der Waals surface area contributed by atoms with Gasteiger partial charge in [-0.1, -0.05) is 91.0 Å². The maximum absolute atomic E-state index is 13.3. The molecule has 0 aromatic heterocycles. The zero-order valence-corrected chi connectivity index (χ0v) is 20.8. The smallest absolute Gasteiger partial charge is 0.481 e. The van der Waals surface area contributed by atoms with Crippen LogP contribution >= 0.6 is 0 Å². The van der Waals surface area contributed by atoms with Crippen molar-refractivity contribution in [3.05, 3.63) is 126 Å². The summed E-state index contributed by atoms with van der Waals surface area (Å²) in [5.74, 6) is -1.45. The summed E-state index contributed by atoms with van der Waals surface area (Å²) in [6.45, 7) is 2.36. The Kier molecular flexibility index (Phi) is 8.48. The number of carbonyl (C=O) groups is 1. The number of hydrogen-bond donors (Lipinski definition) is 1. The van der Waals surface area contributed by atoms with Gasteiger partial charge in [0.25, 0.3) is 0 Å². The Morgan fingerprint density at radius 2 is 1.39 bits per heavy atom. The van der Waals surface area contributed by atoms with Crippen molar-refractivity contribution in [2.75, 3.05) is 0 Å². The monoisotopic (exact) mass is 519 g/mol. The van der Waals surface area contributed by atoms with Gasteiger partial charge in [-0.25, -0.2) is 0 Å². The van der Waals surface area contributed by atoms with E-state index in [1.54, 1.807) is 30.3 Å². The molecule has 4 rings (SSSR count). The number of benzene rings is 4. The molecule has 0 aliphatic heterocycles. The second-order valence-electron chi connectivity index (χ2n) is 9.06. The van der Waals surface area contributed by atoms with E-state index in [0.717, 1.165) is 11.1 Å². The van der Waals surface area contributed by atoms with Crippen LogP contribution in [-0.2, 0) is 11.3 Å². The molecule has 0 amide bonds. The van der Waals surface area contributed by atoms with Gasteiger partial charge in [0.1, 0.15) is 5.75 Å². The molecule has 2 atom stereocenters. The summed E-state index contributed by atoms with van der Waals surface area (Å²) < 4.78 is 44.2. The number of carboxylic acid groups (broad SMARTS) is 1. The van der Waals surface area contributed by atoms with Crippen LogP contribution in [0.5, 0.6) is 5.75 Å². The first kappa shape index (κ1) is 26.9. The first-order chi connectivity index (χ1) is 18.2. The van der Waals surface area contributed by atoms with Gasteiger partial charge in [-0.2, -0.15) is 0 Å². The molecule has 0 aliphatic carbocycles. The van der Waals surface area contributed by atoms with Crippen LogP contribution in [0, 0.1) is 0 Å². The highest BCUT2D eigenvalue weighted by molar-refractivity contribution is 5.70. The quantitative estimate of drug-likeness (QED) is 0.230. The highest BCUT2D eigenvalue weighted by Crippen LogP contribution is 2.39. The fraction of sp³-hybridized carbons (Fsp3) is 0.194. The van der Waals surface area contributed by atoms with Crippen LogP contribution in [-0.4, -0.2) is 22.3 Å². The average molecular weight is 520 g/mol. The molecule has 0 heterocycles. The largest absolute Gasteiger partial charge is 0.573 e. The van der Waals surface area contributed by atoms with E-state index >= 15 is 0 Å². The fourth-order valence-electron chi connectivity index (χ4n) is 4.63. The van der Waals surface area contributed by atoms with E-state index in [4.69, 9.17) is 0 Å². The third-order valence-electron chi connectivity index (χ3n) is 6.41. The molecule has 4 aromatic rings. The minimum Gasteiger partial charge on any atom is -0.481 e. The molecule has 4 aromatic carbocycles. The number of alkyl halides is 3. The van der Waals surface area contributed by atoms with Gasteiger partial charge >= 0.3 is 12.3 Å². The molecule has 1 N–H and O–H groups in total. The number of hydrogen-bond acceptors (Lipinski definition) is 3. The van der Waals surface area contributed by atoms with Crippen LogP contribution in [0.3, 0.4) is 0 Å². The minimum atomic E-state index is -4.89. The van der Waals surface area contributed by atoms with Crippen LogP contribution in [0.4, 0.5) is 13.2 Å². The summed E-state index contributed by atoms with van der Waals surface area (Å²) in [5, 5.41) is 9.92. The third-order valence-corrected chi connectivity index (χ3v) is 6.41. The lowest BCUT2D eigenvalue weighted by Crippen LogP contribution is -2.33. The first-order valence-corrected chi connectivity index (χ1v) is 12.2. The van der Waals surface area contributed by atoms with Crippen molar-refractivity contribution in [2.24, 2.45) is 0 Å². The summed E-state index contributed by atoms with van der Waals surface area (Å²) in [6.07, 6.45) is -5.20. The average Bonchev–Trinajstić information content (AvgIpc) is 2.90. The molecule has 0 aliphatic rings. The molecule has 196 valence electrons. The van der Waals surface area contributed by atoms with Crippen molar-refractivity contribution in [1.82, 2.24) is 4.90 Å². The lowest BCUT2D eigenvalue weighted by Gasteiger charge is -2.37. The molecule has 0 saturated carbocycles. The van der Waals surface area contributed by atoms with Gasteiger partial charge < -0.3 is 9.84 Å². The number of ether oxygens (including phenoxy) is 1. The lowest BCUT2D eigenvalue weighted by atomic mass is 9.93. The highest BCUT2D eigenvalue weighted by atomic mass is 19.4. The summed E-state index contributed by atoms with van der Waals surface area (Å²) in [4.78, 5) is 14.1. The van der Waals surface area contributed by atoms with Crippen molar-refractivity contribution in [3.63, 3.8) is 0 Å².